The molecule has 1 aliphatic heterocycles. The molecule has 1 heterocycles. The number of carbonyl (C=O) groups excluding carboxylic acids is 1. The maximum Gasteiger partial charge on any atom is 0.238 e. The molecule has 1 saturated heterocycles. The summed E-state index contributed by atoms with van der Waals surface area (Å²) in [4.78, 5) is 18.5. The third-order valence-corrected chi connectivity index (χ3v) is 6.87. The van der Waals surface area contributed by atoms with Crippen LogP contribution in [0, 0.1) is 0 Å². The minimum atomic E-state index is -0.252. The average molecular weight is 493 g/mol. The summed E-state index contributed by atoms with van der Waals surface area (Å²) >= 11 is 1.57. The molecule has 1 amide bonds. The second kappa shape index (κ2) is 12.0. The number of nitrogens with zero attached hydrogens (tertiary/aromatic N) is 2. The van der Waals surface area contributed by atoms with Crippen LogP contribution in [0.25, 0.3) is 0 Å². The first-order chi connectivity index (χ1) is 17.0. The van der Waals surface area contributed by atoms with E-state index < -0.39 is 0 Å². The van der Waals surface area contributed by atoms with Crippen LogP contribution in [0.5, 0.6) is 11.5 Å². The van der Waals surface area contributed by atoms with E-state index in [0.717, 1.165) is 53.0 Å². The molecule has 0 saturated carbocycles. The van der Waals surface area contributed by atoms with Crippen molar-refractivity contribution in [3.05, 3.63) is 72.3 Å². The fraction of sp³-hybridized carbons (Fsp3) is 0.296. The third-order valence-electron chi connectivity index (χ3n) is 5.85. The molecule has 8 heteroatoms. The Balaban J connectivity index is 1.61. The number of methoxy groups -OCH3 is 1. The molecule has 1 fully saturated rings. The highest BCUT2D eigenvalue weighted by Crippen LogP contribution is 2.40. The average Bonchev–Trinajstić information content (AvgIpc) is 2.89. The van der Waals surface area contributed by atoms with Crippen molar-refractivity contribution in [1.29, 1.82) is 0 Å². The van der Waals surface area contributed by atoms with Crippen LogP contribution in [0.15, 0.2) is 76.5 Å². The Labute approximate surface area is 211 Å². The topological polar surface area (TPSA) is 80.1 Å². The molecule has 0 atom stereocenters. The number of rotatable bonds is 9. The number of benzene rings is 3. The monoisotopic (exact) mass is 492 g/mol. The molecule has 0 radical (unpaired) electrons. The van der Waals surface area contributed by atoms with Gasteiger partial charge >= 0.3 is 0 Å². The molecule has 0 aliphatic carbocycles. The normalized spacial score (nSPS) is 14.0. The van der Waals surface area contributed by atoms with Crippen LogP contribution in [0.4, 0.5) is 11.4 Å². The van der Waals surface area contributed by atoms with Crippen LogP contribution in [-0.2, 0) is 11.4 Å². The quantitative estimate of drug-likeness (QED) is 0.466. The van der Waals surface area contributed by atoms with Crippen LogP contribution in [0.3, 0.4) is 0 Å². The zero-order valence-corrected chi connectivity index (χ0v) is 21.0. The van der Waals surface area contributed by atoms with Crippen molar-refractivity contribution < 1.29 is 14.3 Å². The molecular formula is C27H32N4O3S. The number of nitrogens with one attached hydrogen (secondary N) is 1. The van der Waals surface area contributed by atoms with Crippen molar-refractivity contribution in [2.75, 3.05) is 57.1 Å². The van der Waals surface area contributed by atoms with Gasteiger partial charge < -0.3 is 30.3 Å². The van der Waals surface area contributed by atoms with Crippen LogP contribution >= 0.6 is 11.8 Å². The molecule has 184 valence electrons. The summed E-state index contributed by atoms with van der Waals surface area (Å²) in [5.74, 6) is 1.23. The van der Waals surface area contributed by atoms with E-state index in [-0.39, 0.29) is 12.5 Å². The van der Waals surface area contributed by atoms with E-state index in [0.29, 0.717) is 18.0 Å². The van der Waals surface area contributed by atoms with E-state index in [1.165, 1.54) is 0 Å². The van der Waals surface area contributed by atoms with Gasteiger partial charge in [0.05, 0.1) is 18.6 Å². The first-order valence-electron chi connectivity index (χ1n) is 11.6. The molecule has 4 rings (SSSR count). The molecule has 0 bridgehead atoms. The number of hydrogen-bond acceptors (Lipinski definition) is 7. The summed E-state index contributed by atoms with van der Waals surface area (Å²) in [6.45, 7) is 4.46. The van der Waals surface area contributed by atoms with Crippen molar-refractivity contribution in [3.8, 4) is 11.5 Å². The zero-order valence-electron chi connectivity index (χ0n) is 20.2. The lowest BCUT2D eigenvalue weighted by atomic mass is 10.2. The predicted octanol–water partition coefficient (Wildman–Crippen LogP) is 4.07. The highest BCUT2D eigenvalue weighted by atomic mass is 32.2. The fourth-order valence-electron chi connectivity index (χ4n) is 3.85. The van der Waals surface area contributed by atoms with Gasteiger partial charge in [-0.2, -0.15) is 0 Å². The molecule has 1 aliphatic rings. The van der Waals surface area contributed by atoms with Crippen molar-refractivity contribution in [2.45, 2.75) is 16.4 Å². The summed E-state index contributed by atoms with van der Waals surface area (Å²) in [6.07, 6.45) is 0. The zero-order chi connectivity index (χ0) is 24.6. The minimum absolute atomic E-state index is 0.0785. The number of hydrogen-bond donors (Lipinski definition) is 2. The second-order valence-corrected chi connectivity index (χ2v) is 9.56. The maximum absolute atomic E-state index is 11.8. The van der Waals surface area contributed by atoms with Gasteiger partial charge in [-0.05, 0) is 36.9 Å². The van der Waals surface area contributed by atoms with Gasteiger partial charge in [0.1, 0.15) is 18.1 Å². The lowest BCUT2D eigenvalue weighted by molar-refractivity contribution is -0.114. The van der Waals surface area contributed by atoms with E-state index in [1.807, 2.05) is 30.3 Å². The van der Waals surface area contributed by atoms with Gasteiger partial charge in [-0.1, -0.05) is 42.1 Å². The molecule has 3 aromatic rings. The van der Waals surface area contributed by atoms with Gasteiger partial charge in [0.25, 0.3) is 0 Å². The van der Waals surface area contributed by atoms with Gasteiger partial charge in [-0.25, -0.2) is 0 Å². The number of amides is 1. The van der Waals surface area contributed by atoms with Crippen molar-refractivity contribution in [3.63, 3.8) is 0 Å². The van der Waals surface area contributed by atoms with E-state index in [1.54, 1.807) is 24.9 Å². The van der Waals surface area contributed by atoms with E-state index in [9.17, 15) is 4.79 Å². The van der Waals surface area contributed by atoms with Gasteiger partial charge in [-0.3, -0.25) is 4.79 Å². The lowest BCUT2D eigenvalue weighted by Crippen LogP contribution is -2.44. The molecule has 0 aromatic heterocycles. The number of nitrogens with two attached hydrogens (primary N) is 1. The number of likely N-dealkylation sites (N-methyl/N-ethyl adjacent to an activating group) is 1. The molecule has 3 N–H and O–H groups in total. The Morgan fingerprint density at radius 1 is 1.03 bits per heavy atom. The van der Waals surface area contributed by atoms with Gasteiger partial charge in [0, 0.05) is 54.6 Å². The van der Waals surface area contributed by atoms with E-state index in [2.05, 4.69) is 52.5 Å². The third kappa shape index (κ3) is 6.91. The standard InChI is InChI=1S/C27H32N4O3S/c1-30-10-12-31(13-11-30)22-8-9-26(25(16-22)34-19-20-6-4-3-5-7-20)35-24-15-21(29-27(32)18-28)14-23(17-24)33-2/h3-9,14-17H,10-13,18-19,28H2,1-2H3,(H,29,32). The van der Waals surface area contributed by atoms with E-state index in [4.69, 9.17) is 15.2 Å². The highest BCUT2D eigenvalue weighted by molar-refractivity contribution is 7.99. The molecular weight excluding hydrogens is 460 g/mol. The second-order valence-electron chi connectivity index (χ2n) is 8.45. The SMILES string of the molecule is COc1cc(NC(=O)CN)cc(Sc2ccc(N3CCN(C)CC3)cc2OCc2ccccc2)c1. The lowest BCUT2D eigenvalue weighted by Gasteiger charge is -2.34. The van der Waals surface area contributed by atoms with Crippen LogP contribution in [-0.4, -0.2) is 57.7 Å². The Morgan fingerprint density at radius 3 is 2.51 bits per heavy atom. The Morgan fingerprint density at radius 2 is 1.80 bits per heavy atom. The Kier molecular flexibility index (Phi) is 8.52. The number of piperazine rings is 1. The Bertz CT molecular complexity index is 1130. The number of anilines is 2. The molecule has 0 unspecified atom stereocenters. The summed E-state index contributed by atoms with van der Waals surface area (Å²) in [7, 11) is 3.77. The number of ether oxygens (including phenoxy) is 2. The Hall–Kier alpha value is -3.20. The molecule has 7 nitrogen and oxygen atoms in total. The van der Waals surface area contributed by atoms with Gasteiger partial charge in [0.2, 0.25) is 5.91 Å². The molecule has 3 aromatic carbocycles. The highest BCUT2D eigenvalue weighted by Gasteiger charge is 2.17. The van der Waals surface area contributed by atoms with Crippen molar-refractivity contribution in [1.82, 2.24) is 4.90 Å². The predicted molar refractivity (Wildman–Crippen MR) is 142 cm³/mol. The first kappa shape index (κ1) is 24.9. The maximum atomic E-state index is 11.8. The van der Waals surface area contributed by atoms with Crippen LogP contribution < -0.4 is 25.4 Å². The molecule has 35 heavy (non-hydrogen) atoms. The molecule has 0 spiro atoms. The van der Waals surface area contributed by atoms with Gasteiger partial charge in [-0.15, -0.1) is 0 Å². The fourth-order valence-corrected chi connectivity index (χ4v) is 4.82. The summed E-state index contributed by atoms with van der Waals surface area (Å²) in [5.41, 5.74) is 8.38. The summed E-state index contributed by atoms with van der Waals surface area (Å²) < 4.78 is 11.8. The minimum Gasteiger partial charge on any atom is -0.497 e. The largest absolute Gasteiger partial charge is 0.497 e. The smallest absolute Gasteiger partial charge is 0.238 e. The summed E-state index contributed by atoms with van der Waals surface area (Å²) in [6, 6.07) is 22.2. The van der Waals surface area contributed by atoms with Crippen molar-refractivity contribution >= 4 is 29.0 Å². The van der Waals surface area contributed by atoms with Crippen molar-refractivity contribution in [2.24, 2.45) is 5.73 Å². The van der Waals surface area contributed by atoms with E-state index >= 15 is 0 Å². The first-order valence-corrected chi connectivity index (χ1v) is 12.5. The van der Waals surface area contributed by atoms with Gasteiger partial charge in [0.15, 0.2) is 0 Å². The summed E-state index contributed by atoms with van der Waals surface area (Å²) in [5, 5.41) is 2.81. The van der Waals surface area contributed by atoms with Crippen LogP contribution in [0.2, 0.25) is 0 Å². The number of carbonyl (C=O) groups is 1. The van der Waals surface area contributed by atoms with Crippen LogP contribution in [0.1, 0.15) is 5.56 Å².